The lowest BCUT2D eigenvalue weighted by molar-refractivity contribution is 0.564. The molecule has 148 valence electrons. The summed E-state index contributed by atoms with van der Waals surface area (Å²) in [6, 6.07) is 31.2. The molecule has 0 spiro atoms. The standard InChI is InChI=1S/C26H16N2O2S/c29-17-27-21-11-13-25(23(15-21)19-7-3-1-4-8-19)31-26-14-12-22(28-18-30)16-24(26)20-9-5-2-6-10-20/h1-16H. The van der Waals surface area contributed by atoms with Crippen molar-refractivity contribution in [2.24, 2.45) is 9.98 Å². The van der Waals surface area contributed by atoms with Gasteiger partial charge in [0.1, 0.15) is 0 Å². The van der Waals surface area contributed by atoms with E-state index in [1.54, 1.807) is 36.1 Å². The molecule has 0 aromatic heterocycles. The highest BCUT2D eigenvalue weighted by Crippen LogP contribution is 2.42. The van der Waals surface area contributed by atoms with Gasteiger partial charge in [-0.15, -0.1) is 0 Å². The third kappa shape index (κ3) is 4.77. The summed E-state index contributed by atoms with van der Waals surface area (Å²) in [5.41, 5.74) is 5.09. The zero-order valence-electron chi connectivity index (χ0n) is 16.4. The van der Waals surface area contributed by atoms with Gasteiger partial charge in [0.2, 0.25) is 12.2 Å². The van der Waals surface area contributed by atoms with Crippen LogP contribution in [0.1, 0.15) is 0 Å². The normalized spacial score (nSPS) is 10.1. The van der Waals surface area contributed by atoms with Crippen molar-refractivity contribution in [2.45, 2.75) is 9.79 Å². The smallest absolute Gasteiger partial charge is 0.211 e. The van der Waals surface area contributed by atoms with E-state index in [1.807, 2.05) is 84.9 Å². The molecule has 4 rings (SSSR count). The summed E-state index contributed by atoms with van der Waals surface area (Å²) in [6.45, 7) is 0. The lowest BCUT2D eigenvalue weighted by atomic mass is 10.0. The highest BCUT2D eigenvalue weighted by molar-refractivity contribution is 7.99. The Balaban J connectivity index is 1.84. The van der Waals surface area contributed by atoms with E-state index in [0.717, 1.165) is 32.0 Å². The van der Waals surface area contributed by atoms with E-state index in [9.17, 15) is 9.59 Å². The highest BCUT2D eigenvalue weighted by atomic mass is 32.2. The molecule has 31 heavy (non-hydrogen) atoms. The Labute approximate surface area is 184 Å². The van der Waals surface area contributed by atoms with Gasteiger partial charge in [-0.25, -0.2) is 9.59 Å². The SMILES string of the molecule is O=C=Nc1ccc(Sc2ccc(N=C=O)cc2-c2ccccc2)c(-c2ccccc2)c1. The fourth-order valence-corrected chi connectivity index (χ4v) is 4.35. The topological polar surface area (TPSA) is 58.9 Å². The van der Waals surface area contributed by atoms with Crippen molar-refractivity contribution in [2.75, 3.05) is 0 Å². The molecule has 4 aromatic carbocycles. The predicted octanol–water partition coefficient (Wildman–Crippen LogP) is 7.11. The number of carbonyl (C=O) groups excluding carboxylic acids is 2. The molecule has 0 bridgehead atoms. The Morgan fingerprint density at radius 2 is 0.968 bits per heavy atom. The van der Waals surface area contributed by atoms with Gasteiger partial charge in [-0.2, -0.15) is 9.98 Å². The second-order valence-electron chi connectivity index (χ2n) is 6.60. The summed E-state index contributed by atoms with van der Waals surface area (Å²) in [5, 5.41) is 0. The van der Waals surface area contributed by atoms with Crippen LogP contribution in [0.5, 0.6) is 0 Å². The molecule has 0 N–H and O–H groups in total. The van der Waals surface area contributed by atoms with Gasteiger partial charge in [0.25, 0.3) is 0 Å². The zero-order valence-corrected chi connectivity index (χ0v) is 17.2. The maximum atomic E-state index is 10.8. The van der Waals surface area contributed by atoms with Crippen molar-refractivity contribution in [3.63, 3.8) is 0 Å². The van der Waals surface area contributed by atoms with Gasteiger partial charge in [0.15, 0.2) is 0 Å². The molecule has 0 fully saturated rings. The van der Waals surface area contributed by atoms with Gasteiger partial charge in [-0.3, -0.25) is 0 Å². The maximum absolute atomic E-state index is 10.8. The van der Waals surface area contributed by atoms with Crippen LogP contribution in [-0.4, -0.2) is 12.2 Å². The minimum absolute atomic E-state index is 0.553. The molecular formula is C26H16N2O2S. The van der Waals surface area contributed by atoms with E-state index >= 15 is 0 Å². The van der Waals surface area contributed by atoms with Crippen LogP contribution in [-0.2, 0) is 9.59 Å². The lowest BCUT2D eigenvalue weighted by Gasteiger charge is -2.14. The quantitative estimate of drug-likeness (QED) is 0.247. The number of nitrogens with zero attached hydrogens (tertiary/aromatic N) is 2. The largest absolute Gasteiger partial charge is 0.240 e. The molecule has 5 heteroatoms. The van der Waals surface area contributed by atoms with E-state index in [4.69, 9.17) is 0 Å². The van der Waals surface area contributed by atoms with Gasteiger partial charge in [-0.1, -0.05) is 72.4 Å². The van der Waals surface area contributed by atoms with Gasteiger partial charge >= 0.3 is 0 Å². The molecular weight excluding hydrogens is 404 g/mol. The first-order valence-electron chi connectivity index (χ1n) is 9.51. The number of hydrogen-bond donors (Lipinski definition) is 0. The number of rotatable bonds is 6. The Bertz CT molecular complexity index is 1210. The van der Waals surface area contributed by atoms with Crippen LogP contribution >= 0.6 is 11.8 Å². The van der Waals surface area contributed by atoms with Crippen molar-refractivity contribution >= 4 is 35.3 Å². The van der Waals surface area contributed by atoms with E-state index in [0.29, 0.717) is 11.4 Å². The Morgan fingerprint density at radius 3 is 1.35 bits per heavy atom. The van der Waals surface area contributed by atoms with Crippen LogP contribution in [0, 0.1) is 0 Å². The van der Waals surface area contributed by atoms with Crippen LogP contribution in [0.3, 0.4) is 0 Å². The molecule has 0 saturated heterocycles. The highest BCUT2D eigenvalue weighted by Gasteiger charge is 2.13. The third-order valence-corrected chi connectivity index (χ3v) is 5.82. The van der Waals surface area contributed by atoms with E-state index in [1.165, 1.54) is 0 Å². The lowest BCUT2D eigenvalue weighted by Crippen LogP contribution is -1.86. The first-order valence-corrected chi connectivity index (χ1v) is 10.3. The Hall–Kier alpha value is -4.01. The summed E-state index contributed by atoms with van der Waals surface area (Å²) in [4.78, 5) is 31.1. The third-order valence-electron chi connectivity index (χ3n) is 4.67. The van der Waals surface area contributed by atoms with Crippen LogP contribution in [0.4, 0.5) is 11.4 Å². The molecule has 0 radical (unpaired) electrons. The van der Waals surface area contributed by atoms with Crippen molar-refractivity contribution in [3.05, 3.63) is 97.1 Å². The average Bonchev–Trinajstić information content (AvgIpc) is 2.82. The number of hydrogen-bond acceptors (Lipinski definition) is 5. The minimum Gasteiger partial charge on any atom is -0.211 e. The second-order valence-corrected chi connectivity index (χ2v) is 7.68. The first-order chi connectivity index (χ1) is 15.3. The number of benzene rings is 4. The molecule has 0 saturated carbocycles. The summed E-state index contributed by atoms with van der Waals surface area (Å²) in [7, 11) is 0. The van der Waals surface area contributed by atoms with E-state index < -0.39 is 0 Å². The monoisotopic (exact) mass is 420 g/mol. The molecule has 0 heterocycles. The molecule has 0 unspecified atom stereocenters. The molecule has 4 aromatic rings. The van der Waals surface area contributed by atoms with Crippen molar-refractivity contribution < 1.29 is 9.59 Å². The van der Waals surface area contributed by atoms with Gasteiger partial charge in [0, 0.05) is 9.79 Å². The molecule has 0 aliphatic carbocycles. The van der Waals surface area contributed by atoms with Gasteiger partial charge < -0.3 is 0 Å². The van der Waals surface area contributed by atoms with Crippen molar-refractivity contribution in [1.82, 2.24) is 0 Å². The predicted molar refractivity (Wildman–Crippen MR) is 123 cm³/mol. The molecule has 0 atom stereocenters. The molecule has 0 amide bonds. The molecule has 0 aliphatic rings. The zero-order chi connectivity index (χ0) is 21.5. The van der Waals surface area contributed by atoms with Gasteiger partial charge in [-0.05, 0) is 58.7 Å². The summed E-state index contributed by atoms with van der Waals surface area (Å²) >= 11 is 1.60. The van der Waals surface area contributed by atoms with E-state index in [-0.39, 0.29) is 0 Å². The van der Waals surface area contributed by atoms with Gasteiger partial charge in [0.05, 0.1) is 11.4 Å². The van der Waals surface area contributed by atoms with Crippen molar-refractivity contribution in [1.29, 1.82) is 0 Å². The summed E-state index contributed by atoms with van der Waals surface area (Å²) in [6.07, 6.45) is 3.21. The Kier molecular flexibility index (Phi) is 6.32. The van der Waals surface area contributed by atoms with Crippen LogP contribution in [0.15, 0.2) is 117 Å². The Morgan fingerprint density at radius 1 is 0.548 bits per heavy atom. The first kappa shape index (κ1) is 20.3. The fraction of sp³-hybridized carbons (Fsp3) is 0. The fourth-order valence-electron chi connectivity index (χ4n) is 3.26. The van der Waals surface area contributed by atoms with Crippen LogP contribution in [0.2, 0.25) is 0 Å². The molecule has 0 aliphatic heterocycles. The van der Waals surface area contributed by atoms with Crippen molar-refractivity contribution in [3.8, 4) is 22.3 Å². The van der Waals surface area contributed by atoms with Crippen LogP contribution < -0.4 is 0 Å². The molecule has 4 nitrogen and oxygen atoms in total. The van der Waals surface area contributed by atoms with Crippen LogP contribution in [0.25, 0.3) is 22.3 Å². The summed E-state index contributed by atoms with van der Waals surface area (Å²) in [5.74, 6) is 0. The summed E-state index contributed by atoms with van der Waals surface area (Å²) < 4.78 is 0. The average molecular weight is 420 g/mol. The maximum Gasteiger partial charge on any atom is 0.240 e. The minimum atomic E-state index is 0.553. The van der Waals surface area contributed by atoms with E-state index in [2.05, 4.69) is 9.98 Å². The second kappa shape index (κ2) is 9.66. The number of isocyanates is 2. The number of aliphatic imine (C=N–C) groups is 2.